The summed E-state index contributed by atoms with van der Waals surface area (Å²) in [6, 6.07) is 0. The van der Waals surface area contributed by atoms with E-state index in [9.17, 15) is 47.9 Å². The average molecular weight is 420 g/mol. The van der Waals surface area contributed by atoms with Crippen LogP contribution in [0, 0.1) is 5.92 Å². The van der Waals surface area contributed by atoms with E-state index in [1.807, 2.05) is 0 Å². The van der Waals surface area contributed by atoms with Crippen LogP contribution in [0.2, 0.25) is 0 Å². The second kappa shape index (κ2) is 5.76. The zero-order valence-electron chi connectivity index (χ0n) is 13.2. The molecular weight excluding hydrogens is 407 g/mol. The lowest BCUT2D eigenvalue weighted by Gasteiger charge is -2.37. The fourth-order valence-electron chi connectivity index (χ4n) is 3.16. The van der Waals surface area contributed by atoms with Crippen molar-refractivity contribution in [3.05, 3.63) is 10.5 Å². The first-order chi connectivity index (χ1) is 11.4. The van der Waals surface area contributed by atoms with Crippen LogP contribution < -0.4 is 0 Å². The van der Waals surface area contributed by atoms with E-state index in [4.69, 9.17) is 4.74 Å². The highest BCUT2D eigenvalue weighted by molar-refractivity contribution is 7.96. The minimum atomic E-state index is -7.27. The van der Waals surface area contributed by atoms with Gasteiger partial charge in [0.25, 0.3) is 0 Å². The Bertz CT molecular complexity index is 724. The van der Waals surface area contributed by atoms with Gasteiger partial charge < -0.3 is 4.74 Å². The van der Waals surface area contributed by atoms with Gasteiger partial charge in [0, 0.05) is 5.92 Å². The van der Waals surface area contributed by atoms with Gasteiger partial charge in [0.1, 0.15) is 0 Å². The fraction of sp³-hybridized carbons (Fsp3) is 0.846. The Hall–Kier alpha value is -0.980. The van der Waals surface area contributed by atoms with Crippen molar-refractivity contribution in [2.45, 2.75) is 62.2 Å². The molecule has 0 unspecified atom stereocenters. The maximum atomic E-state index is 14.0. The quantitative estimate of drug-likeness (QED) is 0.638. The van der Waals surface area contributed by atoms with E-state index in [2.05, 4.69) is 0 Å². The molecule has 3 nitrogen and oxygen atoms in total. The third kappa shape index (κ3) is 2.56. The molecule has 13 heteroatoms. The van der Waals surface area contributed by atoms with Crippen LogP contribution in [-0.2, 0) is 14.6 Å². The van der Waals surface area contributed by atoms with Crippen LogP contribution in [-0.4, -0.2) is 43.9 Å². The lowest BCUT2D eigenvalue weighted by molar-refractivity contribution is -0.382. The molecule has 152 valence electrons. The first-order valence-corrected chi connectivity index (χ1v) is 8.70. The van der Waals surface area contributed by atoms with Gasteiger partial charge in [-0.15, -0.1) is 0 Å². The minimum absolute atomic E-state index is 0.181. The summed E-state index contributed by atoms with van der Waals surface area (Å²) < 4.78 is 147. The summed E-state index contributed by atoms with van der Waals surface area (Å²) in [5.74, 6) is -15.9. The molecule has 26 heavy (non-hydrogen) atoms. The number of hydrogen-bond acceptors (Lipinski definition) is 3. The first kappa shape index (κ1) is 21.3. The van der Waals surface area contributed by atoms with Gasteiger partial charge in [-0.1, -0.05) is 6.92 Å². The first-order valence-electron chi connectivity index (χ1n) is 7.22. The SMILES string of the molecule is CC1=C(S(=O)(=O)C(F)(F)C(F)(F)C(F)(F)C(F)(F)F)[C@@H](C)[C@H]2CC[C@@H]1O2. The van der Waals surface area contributed by atoms with Crippen molar-refractivity contribution in [2.24, 2.45) is 5.92 Å². The molecule has 1 fully saturated rings. The second-order valence-electron chi connectivity index (χ2n) is 6.24. The maximum Gasteiger partial charge on any atom is 0.460 e. The highest BCUT2D eigenvalue weighted by Gasteiger charge is 2.85. The molecule has 0 aliphatic carbocycles. The van der Waals surface area contributed by atoms with Gasteiger partial charge >= 0.3 is 23.3 Å². The predicted molar refractivity (Wildman–Crippen MR) is 69.6 cm³/mol. The molecule has 0 saturated carbocycles. The van der Waals surface area contributed by atoms with Crippen LogP contribution in [0.4, 0.5) is 39.5 Å². The molecule has 2 aliphatic rings. The van der Waals surface area contributed by atoms with E-state index < -0.39 is 61.7 Å². The predicted octanol–water partition coefficient (Wildman–Crippen LogP) is 4.30. The van der Waals surface area contributed by atoms with Crippen molar-refractivity contribution < 1.29 is 52.7 Å². The molecule has 0 spiro atoms. The number of sulfone groups is 1. The summed E-state index contributed by atoms with van der Waals surface area (Å²) >= 11 is 0. The zero-order valence-corrected chi connectivity index (χ0v) is 14.0. The van der Waals surface area contributed by atoms with E-state index in [1.54, 1.807) is 0 Å². The van der Waals surface area contributed by atoms with Gasteiger partial charge in [0.05, 0.1) is 17.1 Å². The number of hydrogen-bond donors (Lipinski definition) is 0. The molecule has 0 aromatic heterocycles. The number of fused-ring (bicyclic) bond motifs is 2. The average Bonchev–Trinajstić information content (AvgIpc) is 2.90. The third-order valence-electron chi connectivity index (χ3n) is 4.64. The van der Waals surface area contributed by atoms with Gasteiger partial charge in [-0.05, 0) is 25.3 Å². The zero-order chi connectivity index (χ0) is 20.5. The highest BCUT2D eigenvalue weighted by Crippen LogP contribution is 2.57. The maximum absolute atomic E-state index is 14.0. The molecule has 2 rings (SSSR count). The Labute approximate surface area is 142 Å². The normalized spacial score (nSPS) is 28.7. The third-order valence-corrected chi connectivity index (χ3v) is 6.84. The molecule has 3 atom stereocenters. The molecule has 0 N–H and O–H groups in total. The van der Waals surface area contributed by atoms with Crippen LogP contribution in [0.25, 0.3) is 0 Å². The van der Waals surface area contributed by atoms with Crippen molar-refractivity contribution >= 4 is 9.84 Å². The van der Waals surface area contributed by atoms with Gasteiger partial charge in [-0.25, -0.2) is 8.42 Å². The lowest BCUT2D eigenvalue weighted by Crippen LogP contribution is -2.63. The van der Waals surface area contributed by atoms with E-state index in [0.717, 1.165) is 13.8 Å². The van der Waals surface area contributed by atoms with Gasteiger partial charge in [0.15, 0.2) is 0 Å². The summed E-state index contributed by atoms with van der Waals surface area (Å²) in [6.45, 7) is 2.02. The Kier molecular flexibility index (Phi) is 4.72. The Morgan fingerprint density at radius 1 is 0.923 bits per heavy atom. The number of ether oxygens (including phenoxy) is 1. The summed E-state index contributed by atoms with van der Waals surface area (Å²) in [5, 5.41) is -6.69. The monoisotopic (exact) mass is 420 g/mol. The van der Waals surface area contributed by atoms with E-state index in [-0.39, 0.29) is 12.8 Å². The van der Waals surface area contributed by atoms with Crippen LogP contribution in [0.15, 0.2) is 10.5 Å². The number of rotatable bonds is 4. The summed E-state index contributed by atoms with van der Waals surface area (Å²) in [6.07, 6.45) is -8.66. The molecule has 2 heterocycles. The summed E-state index contributed by atoms with van der Waals surface area (Å²) in [5.41, 5.74) is -0.406. The molecule has 2 aliphatic heterocycles. The van der Waals surface area contributed by atoms with Crippen molar-refractivity contribution in [1.82, 2.24) is 0 Å². The van der Waals surface area contributed by atoms with E-state index in [1.165, 1.54) is 0 Å². The Balaban J connectivity index is 2.63. The molecule has 0 aromatic carbocycles. The van der Waals surface area contributed by atoms with Gasteiger partial charge in [-0.2, -0.15) is 39.5 Å². The highest BCUT2D eigenvalue weighted by atomic mass is 32.2. The molecular formula is C13H13F9O3S. The largest absolute Gasteiger partial charge is 0.460 e. The molecule has 1 saturated heterocycles. The van der Waals surface area contributed by atoms with Crippen LogP contribution >= 0.6 is 0 Å². The van der Waals surface area contributed by atoms with Crippen molar-refractivity contribution in [1.29, 1.82) is 0 Å². The van der Waals surface area contributed by atoms with Crippen LogP contribution in [0.1, 0.15) is 26.7 Å². The van der Waals surface area contributed by atoms with Gasteiger partial charge in [-0.3, -0.25) is 0 Å². The minimum Gasteiger partial charge on any atom is -0.370 e. The van der Waals surface area contributed by atoms with Crippen molar-refractivity contribution in [2.75, 3.05) is 0 Å². The van der Waals surface area contributed by atoms with Gasteiger partial charge in [0.2, 0.25) is 9.84 Å². The second-order valence-corrected chi connectivity index (χ2v) is 8.20. The topological polar surface area (TPSA) is 43.4 Å². The molecule has 0 amide bonds. The summed E-state index contributed by atoms with van der Waals surface area (Å²) in [4.78, 5) is -1.28. The smallest absolute Gasteiger partial charge is 0.370 e. The van der Waals surface area contributed by atoms with E-state index >= 15 is 0 Å². The van der Waals surface area contributed by atoms with E-state index in [0.29, 0.717) is 0 Å². The van der Waals surface area contributed by atoms with Crippen LogP contribution in [0.3, 0.4) is 0 Å². The van der Waals surface area contributed by atoms with Crippen molar-refractivity contribution in [3.63, 3.8) is 0 Å². The lowest BCUT2D eigenvalue weighted by atomic mass is 10.00. The van der Waals surface area contributed by atoms with Crippen LogP contribution in [0.5, 0.6) is 0 Å². The fourth-order valence-corrected chi connectivity index (χ4v) is 5.10. The van der Waals surface area contributed by atoms with Crippen molar-refractivity contribution in [3.8, 4) is 0 Å². The summed E-state index contributed by atoms with van der Waals surface area (Å²) in [7, 11) is -6.55. The standard InChI is InChI=1S/C13H13F9O3S/c1-5-7-3-4-8(25-7)6(2)9(5)26(23,24)13(21,22)11(16,17)10(14,15)12(18,19)20/h5,7-8H,3-4H2,1-2H3/t5-,7+,8-/m0/s1. The molecule has 0 aromatic rings. The number of alkyl halides is 9. The number of halogens is 9. The Morgan fingerprint density at radius 2 is 1.42 bits per heavy atom. The molecule has 2 bridgehead atoms. The Morgan fingerprint density at radius 3 is 1.88 bits per heavy atom. The molecule has 0 radical (unpaired) electrons.